The summed E-state index contributed by atoms with van der Waals surface area (Å²) in [7, 11) is 0. The van der Waals surface area contributed by atoms with Gasteiger partial charge in [0, 0.05) is 44.8 Å². The standard InChI is InChI=1S/C21H24Cl2N2/c1-4-21(2,3)24-12-15-13-25(20-11-6-5-8-16(15)20)14-17-18(22)9-7-10-19(17)23/h5-11,13,24H,4,12,14H2,1-3H3. The summed E-state index contributed by atoms with van der Waals surface area (Å²) in [5.74, 6) is 0. The number of halogens is 2. The predicted molar refractivity (Wildman–Crippen MR) is 109 cm³/mol. The molecule has 0 aliphatic rings. The smallest absolute Gasteiger partial charge is 0.0505 e. The number of rotatable bonds is 6. The van der Waals surface area contributed by atoms with Crippen molar-refractivity contribution in [2.24, 2.45) is 0 Å². The molecule has 132 valence electrons. The highest BCUT2D eigenvalue weighted by atomic mass is 35.5. The minimum absolute atomic E-state index is 0.120. The fourth-order valence-electron chi connectivity index (χ4n) is 2.91. The molecule has 0 fully saturated rings. The van der Waals surface area contributed by atoms with Gasteiger partial charge in [0.2, 0.25) is 0 Å². The Hall–Kier alpha value is -1.48. The van der Waals surface area contributed by atoms with Gasteiger partial charge in [0.25, 0.3) is 0 Å². The van der Waals surface area contributed by atoms with Crippen molar-refractivity contribution >= 4 is 34.1 Å². The Morgan fingerprint density at radius 3 is 2.36 bits per heavy atom. The van der Waals surface area contributed by atoms with Crippen LogP contribution < -0.4 is 5.32 Å². The molecular weight excluding hydrogens is 351 g/mol. The van der Waals surface area contributed by atoms with E-state index in [-0.39, 0.29) is 5.54 Å². The summed E-state index contributed by atoms with van der Waals surface area (Å²) in [6.07, 6.45) is 3.30. The molecule has 0 saturated carbocycles. The van der Waals surface area contributed by atoms with Crippen LogP contribution >= 0.6 is 23.2 Å². The van der Waals surface area contributed by atoms with Crippen LogP contribution in [0.15, 0.2) is 48.7 Å². The van der Waals surface area contributed by atoms with Crippen molar-refractivity contribution in [2.45, 2.75) is 45.8 Å². The predicted octanol–water partition coefficient (Wildman–Crippen LogP) is 6.27. The Morgan fingerprint density at radius 1 is 1.00 bits per heavy atom. The molecule has 25 heavy (non-hydrogen) atoms. The van der Waals surface area contributed by atoms with Crippen LogP contribution in [-0.2, 0) is 13.1 Å². The third-order valence-corrected chi connectivity index (χ3v) is 5.61. The number of para-hydroxylation sites is 1. The molecule has 0 bridgehead atoms. The van der Waals surface area contributed by atoms with E-state index in [1.807, 2.05) is 18.2 Å². The number of hydrogen-bond donors (Lipinski definition) is 1. The summed E-state index contributed by atoms with van der Waals surface area (Å²) >= 11 is 12.7. The van der Waals surface area contributed by atoms with Crippen LogP contribution in [0.2, 0.25) is 10.0 Å². The van der Waals surface area contributed by atoms with Gasteiger partial charge in [0.05, 0.1) is 6.54 Å². The molecule has 0 atom stereocenters. The molecule has 1 aromatic heterocycles. The van der Waals surface area contributed by atoms with Crippen molar-refractivity contribution in [3.63, 3.8) is 0 Å². The first-order chi connectivity index (χ1) is 11.9. The number of aromatic nitrogens is 1. The minimum Gasteiger partial charge on any atom is -0.343 e. The van der Waals surface area contributed by atoms with Gasteiger partial charge in [-0.1, -0.05) is 54.4 Å². The van der Waals surface area contributed by atoms with Crippen molar-refractivity contribution < 1.29 is 0 Å². The molecule has 1 heterocycles. The molecular formula is C21H24Cl2N2. The summed E-state index contributed by atoms with van der Waals surface area (Å²) in [6, 6.07) is 14.1. The van der Waals surface area contributed by atoms with Crippen LogP contribution in [-0.4, -0.2) is 10.1 Å². The molecule has 0 unspecified atom stereocenters. The van der Waals surface area contributed by atoms with Crippen molar-refractivity contribution in [2.75, 3.05) is 0 Å². The van der Waals surface area contributed by atoms with E-state index in [1.54, 1.807) is 0 Å². The third kappa shape index (κ3) is 4.03. The summed E-state index contributed by atoms with van der Waals surface area (Å²) in [5, 5.41) is 6.33. The molecule has 3 rings (SSSR count). The summed E-state index contributed by atoms with van der Waals surface area (Å²) in [5.41, 5.74) is 3.57. The number of fused-ring (bicyclic) bond motifs is 1. The quantitative estimate of drug-likeness (QED) is 0.537. The summed E-state index contributed by atoms with van der Waals surface area (Å²) in [6.45, 7) is 8.17. The first kappa shape index (κ1) is 18.3. The molecule has 0 aliphatic carbocycles. The van der Waals surface area contributed by atoms with E-state index in [1.165, 1.54) is 16.5 Å². The van der Waals surface area contributed by atoms with Gasteiger partial charge in [-0.3, -0.25) is 0 Å². The number of nitrogens with zero attached hydrogens (tertiary/aromatic N) is 1. The second-order valence-electron chi connectivity index (χ2n) is 7.09. The SMILES string of the molecule is CCC(C)(C)NCc1cn(Cc2c(Cl)cccc2Cl)c2ccccc12. The topological polar surface area (TPSA) is 17.0 Å². The van der Waals surface area contributed by atoms with Gasteiger partial charge in [-0.2, -0.15) is 0 Å². The molecule has 3 aromatic rings. The Morgan fingerprint density at radius 2 is 1.68 bits per heavy atom. The molecule has 0 radical (unpaired) electrons. The molecule has 0 spiro atoms. The highest BCUT2D eigenvalue weighted by Crippen LogP contribution is 2.28. The van der Waals surface area contributed by atoms with Gasteiger partial charge in [0.15, 0.2) is 0 Å². The zero-order chi connectivity index (χ0) is 18.0. The molecule has 0 amide bonds. The second-order valence-corrected chi connectivity index (χ2v) is 7.90. The Kier molecular flexibility index (Phi) is 5.43. The fraction of sp³-hybridized carbons (Fsp3) is 0.333. The highest BCUT2D eigenvalue weighted by molar-refractivity contribution is 6.36. The van der Waals surface area contributed by atoms with E-state index < -0.39 is 0 Å². The van der Waals surface area contributed by atoms with Crippen molar-refractivity contribution in [3.05, 3.63) is 69.8 Å². The van der Waals surface area contributed by atoms with Crippen LogP contribution in [0.5, 0.6) is 0 Å². The number of benzene rings is 2. The molecule has 2 nitrogen and oxygen atoms in total. The Bertz CT molecular complexity index is 860. The zero-order valence-electron chi connectivity index (χ0n) is 14.9. The van der Waals surface area contributed by atoms with Gasteiger partial charge in [-0.25, -0.2) is 0 Å². The van der Waals surface area contributed by atoms with E-state index in [0.29, 0.717) is 16.6 Å². The van der Waals surface area contributed by atoms with Gasteiger partial charge < -0.3 is 9.88 Å². The lowest BCUT2D eigenvalue weighted by Gasteiger charge is -2.24. The summed E-state index contributed by atoms with van der Waals surface area (Å²) in [4.78, 5) is 0. The number of nitrogens with one attached hydrogen (secondary N) is 1. The van der Waals surface area contributed by atoms with Gasteiger partial charge in [-0.05, 0) is 44.0 Å². The molecule has 4 heteroatoms. The Labute approximate surface area is 159 Å². The fourth-order valence-corrected chi connectivity index (χ4v) is 3.42. The third-order valence-electron chi connectivity index (χ3n) is 4.90. The average Bonchev–Trinajstić information content (AvgIpc) is 2.95. The van der Waals surface area contributed by atoms with E-state index >= 15 is 0 Å². The van der Waals surface area contributed by atoms with Crippen LogP contribution in [0.25, 0.3) is 10.9 Å². The maximum absolute atomic E-state index is 6.37. The largest absolute Gasteiger partial charge is 0.343 e. The molecule has 0 aliphatic heterocycles. The van der Waals surface area contributed by atoms with Crippen LogP contribution in [0, 0.1) is 0 Å². The highest BCUT2D eigenvalue weighted by Gasteiger charge is 2.16. The molecule has 2 aromatic carbocycles. The van der Waals surface area contributed by atoms with E-state index in [4.69, 9.17) is 23.2 Å². The van der Waals surface area contributed by atoms with E-state index in [2.05, 4.69) is 61.1 Å². The number of hydrogen-bond acceptors (Lipinski definition) is 1. The first-order valence-corrected chi connectivity index (χ1v) is 9.41. The van der Waals surface area contributed by atoms with Gasteiger partial charge in [-0.15, -0.1) is 0 Å². The second kappa shape index (κ2) is 7.41. The van der Waals surface area contributed by atoms with Gasteiger partial charge in [0.1, 0.15) is 0 Å². The summed E-state index contributed by atoms with van der Waals surface area (Å²) < 4.78 is 2.23. The van der Waals surface area contributed by atoms with Crippen molar-refractivity contribution in [1.29, 1.82) is 0 Å². The first-order valence-electron chi connectivity index (χ1n) is 8.66. The lowest BCUT2D eigenvalue weighted by atomic mass is 10.0. The zero-order valence-corrected chi connectivity index (χ0v) is 16.5. The molecule has 0 saturated heterocycles. The maximum Gasteiger partial charge on any atom is 0.0505 e. The monoisotopic (exact) mass is 374 g/mol. The van der Waals surface area contributed by atoms with Crippen LogP contribution in [0.4, 0.5) is 0 Å². The van der Waals surface area contributed by atoms with Crippen LogP contribution in [0.1, 0.15) is 38.3 Å². The van der Waals surface area contributed by atoms with E-state index in [9.17, 15) is 0 Å². The normalized spacial score (nSPS) is 12.0. The van der Waals surface area contributed by atoms with Gasteiger partial charge >= 0.3 is 0 Å². The van der Waals surface area contributed by atoms with E-state index in [0.717, 1.165) is 18.5 Å². The lowest BCUT2D eigenvalue weighted by molar-refractivity contribution is 0.375. The lowest BCUT2D eigenvalue weighted by Crippen LogP contribution is -2.37. The Balaban J connectivity index is 1.97. The van der Waals surface area contributed by atoms with Crippen molar-refractivity contribution in [1.82, 2.24) is 9.88 Å². The maximum atomic E-state index is 6.37. The minimum atomic E-state index is 0.120. The average molecular weight is 375 g/mol. The van der Waals surface area contributed by atoms with Crippen LogP contribution in [0.3, 0.4) is 0 Å². The van der Waals surface area contributed by atoms with Crippen molar-refractivity contribution in [3.8, 4) is 0 Å². The molecule has 1 N–H and O–H groups in total.